The summed E-state index contributed by atoms with van der Waals surface area (Å²) in [6.07, 6.45) is 3.31. The number of carbonyl (C=O) groups excluding carboxylic acids is 1. The van der Waals surface area contributed by atoms with Gasteiger partial charge in [0.1, 0.15) is 5.76 Å². The lowest BCUT2D eigenvalue weighted by molar-refractivity contribution is 0.117. The first-order valence-corrected chi connectivity index (χ1v) is 5.13. The summed E-state index contributed by atoms with van der Waals surface area (Å²) in [5, 5.41) is 0. The van der Waals surface area contributed by atoms with Crippen molar-refractivity contribution in [3.8, 4) is 0 Å². The van der Waals surface area contributed by atoms with Crippen LogP contribution in [0.3, 0.4) is 0 Å². The Kier molecular flexibility index (Phi) is 4.74. The van der Waals surface area contributed by atoms with E-state index in [4.69, 9.17) is 9.15 Å². The molecule has 0 unspecified atom stereocenters. The Morgan fingerprint density at radius 2 is 2.40 bits per heavy atom. The van der Waals surface area contributed by atoms with Crippen molar-refractivity contribution in [3.05, 3.63) is 24.2 Å². The van der Waals surface area contributed by atoms with E-state index in [0.29, 0.717) is 13.1 Å². The third-order valence-corrected chi connectivity index (χ3v) is 2.14. The smallest absolute Gasteiger partial charge is 0.409 e. The standard InChI is InChI=1S/C11H17NO3/c1-3-4-7-12(11(13)14-2)9-10-6-5-8-15-10/h5-6,8H,3-4,7,9H2,1-2H3. The van der Waals surface area contributed by atoms with Gasteiger partial charge in [-0.25, -0.2) is 4.79 Å². The lowest BCUT2D eigenvalue weighted by atomic mass is 10.3. The van der Waals surface area contributed by atoms with Gasteiger partial charge in [0.05, 0.1) is 19.9 Å². The number of unbranched alkanes of at least 4 members (excludes halogenated alkanes) is 1. The lowest BCUT2D eigenvalue weighted by Gasteiger charge is -2.19. The van der Waals surface area contributed by atoms with Gasteiger partial charge < -0.3 is 14.1 Å². The van der Waals surface area contributed by atoms with Gasteiger partial charge >= 0.3 is 6.09 Å². The minimum absolute atomic E-state index is 0.306. The van der Waals surface area contributed by atoms with Crippen LogP contribution in [0.1, 0.15) is 25.5 Å². The van der Waals surface area contributed by atoms with E-state index >= 15 is 0 Å². The number of furan rings is 1. The summed E-state index contributed by atoms with van der Waals surface area (Å²) in [5.41, 5.74) is 0. The van der Waals surface area contributed by atoms with Crippen molar-refractivity contribution in [2.45, 2.75) is 26.3 Å². The molecule has 0 aliphatic rings. The second-order valence-corrected chi connectivity index (χ2v) is 3.32. The molecule has 0 fully saturated rings. The molecular formula is C11H17NO3. The van der Waals surface area contributed by atoms with E-state index in [-0.39, 0.29) is 6.09 Å². The van der Waals surface area contributed by atoms with Crippen LogP contribution in [-0.2, 0) is 11.3 Å². The number of hydrogen-bond donors (Lipinski definition) is 0. The molecule has 0 aliphatic heterocycles. The van der Waals surface area contributed by atoms with E-state index in [1.54, 1.807) is 11.2 Å². The third-order valence-electron chi connectivity index (χ3n) is 2.14. The van der Waals surface area contributed by atoms with Gasteiger partial charge in [-0.3, -0.25) is 0 Å². The fourth-order valence-corrected chi connectivity index (χ4v) is 1.30. The fourth-order valence-electron chi connectivity index (χ4n) is 1.30. The monoisotopic (exact) mass is 211 g/mol. The number of methoxy groups -OCH3 is 1. The van der Waals surface area contributed by atoms with Crippen LogP contribution in [0.15, 0.2) is 22.8 Å². The molecule has 0 N–H and O–H groups in total. The Labute approximate surface area is 89.8 Å². The average molecular weight is 211 g/mol. The number of nitrogens with zero attached hydrogens (tertiary/aromatic N) is 1. The zero-order chi connectivity index (χ0) is 11.1. The average Bonchev–Trinajstić information content (AvgIpc) is 2.75. The summed E-state index contributed by atoms with van der Waals surface area (Å²) < 4.78 is 9.89. The summed E-state index contributed by atoms with van der Waals surface area (Å²) in [6, 6.07) is 3.66. The number of rotatable bonds is 5. The predicted molar refractivity (Wildman–Crippen MR) is 56.4 cm³/mol. The molecular weight excluding hydrogens is 194 g/mol. The molecule has 0 radical (unpaired) electrons. The van der Waals surface area contributed by atoms with Gasteiger partial charge in [-0.1, -0.05) is 13.3 Å². The maximum Gasteiger partial charge on any atom is 0.409 e. The van der Waals surface area contributed by atoms with Crippen LogP contribution in [0.2, 0.25) is 0 Å². The Morgan fingerprint density at radius 3 is 2.93 bits per heavy atom. The second-order valence-electron chi connectivity index (χ2n) is 3.32. The summed E-state index contributed by atoms with van der Waals surface area (Å²) in [7, 11) is 1.39. The Morgan fingerprint density at radius 1 is 1.60 bits per heavy atom. The molecule has 0 aliphatic carbocycles. The fraction of sp³-hybridized carbons (Fsp3) is 0.545. The highest BCUT2D eigenvalue weighted by Crippen LogP contribution is 2.07. The molecule has 1 rings (SSSR count). The normalized spacial score (nSPS) is 10.0. The van der Waals surface area contributed by atoms with Gasteiger partial charge in [0.25, 0.3) is 0 Å². The highest BCUT2D eigenvalue weighted by molar-refractivity contribution is 5.67. The molecule has 1 heterocycles. The Bertz CT molecular complexity index is 282. The van der Waals surface area contributed by atoms with Crippen LogP contribution < -0.4 is 0 Å². The Balaban J connectivity index is 2.52. The van der Waals surface area contributed by atoms with Crippen LogP contribution in [0.25, 0.3) is 0 Å². The second kappa shape index (κ2) is 6.11. The zero-order valence-electron chi connectivity index (χ0n) is 9.23. The van der Waals surface area contributed by atoms with E-state index < -0.39 is 0 Å². The number of carbonyl (C=O) groups is 1. The van der Waals surface area contributed by atoms with Crippen LogP contribution in [0, 0.1) is 0 Å². The van der Waals surface area contributed by atoms with Crippen molar-refractivity contribution in [1.82, 2.24) is 4.90 Å². The molecule has 1 aromatic heterocycles. The first-order chi connectivity index (χ1) is 7.27. The number of amides is 1. The lowest BCUT2D eigenvalue weighted by Crippen LogP contribution is -2.31. The van der Waals surface area contributed by atoms with Crippen LogP contribution in [0.5, 0.6) is 0 Å². The van der Waals surface area contributed by atoms with Crippen molar-refractivity contribution in [2.75, 3.05) is 13.7 Å². The van der Waals surface area contributed by atoms with E-state index in [0.717, 1.165) is 18.6 Å². The highest BCUT2D eigenvalue weighted by atomic mass is 16.5. The molecule has 4 heteroatoms. The molecule has 0 aromatic carbocycles. The van der Waals surface area contributed by atoms with Gasteiger partial charge in [0, 0.05) is 6.54 Å². The molecule has 0 saturated heterocycles. The summed E-state index contributed by atoms with van der Waals surface area (Å²) in [5.74, 6) is 0.775. The summed E-state index contributed by atoms with van der Waals surface area (Å²) in [4.78, 5) is 13.0. The third kappa shape index (κ3) is 3.65. The topological polar surface area (TPSA) is 42.7 Å². The van der Waals surface area contributed by atoms with Crippen molar-refractivity contribution in [2.24, 2.45) is 0 Å². The molecule has 15 heavy (non-hydrogen) atoms. The maximum atomic E-state index is 11.4. The molecule has 84 valence electrons. The minimum Gasteiger partial charge on any atom is -0.467 e. The molecule has 0 saturated carbocycles. The largest absolute Gasteiger partial charge is 0.467 e. The summed E-state index contributed by atoms with van der Waals surface area (Å²) in [6.45, 7) is 3.26. The van der Waals surface area contributed by atoms with Gasteiger partial charge in [-0.15, -0.1) is 0 Å². The number of ether oxygens (including phenoxy) is 1. The molecule has 4 nitrogen and oxygen atoms in total. The molecule has 0 bridgehead atoms. The van der Waals surface area contributed by atoms with Crippen LogP contribution >= 0.6 is 0 Å². The maximum absolute atomic E-state index is 11.4. The van der Waals surface area contributed by atoms with Gasteiger partial charge in [0.15, 0.2) is 0 Å². The van der Waals surface area contributed by atoms with E-state index in [1.165, 1.54) is 7.11 Å². The molecule has 0 atom stereocenters. The molecule has 1 amide bonds. The van der Waals surface area contributed by atoms with Crippen molar-refractivity contribution in [1.29, 1.82) is 0 Å². The van der Waals surface area contributed by atoms with Gasteiger partial charge in [-0.2, -0.15) is 0 Å². The SMILES string of the molecule is CCCCN(Cc1ccco1)C(=O)OC. The van der Waals surface area contributed by atoms with Crippen LogP contribution in [-0.4, -0.2) is 24.6 Å². The van der Waals surface area contributed by atoms with Crippen molar-refractivity contribution >= 4 is 6.09 Å². The van der Waals surface area contributed by atoms with E-state index in [9.17, 15) is 4.79 Å². The van der Waals surface area contributed by atoms with Gasteiger partial charge in [0.2, 0.25) is 0 Å². The zero-order valence-corrected chi connectivity index (χ0v) is 9.23. The minimum atomic E-state index is -0.306. The highest BCUT2D eigenvalue weighted by Gasteiger charge is 2.14. The van der Waals surface area contributed by atoms with Gasteiger partial charge in [-0.05, 0) is 18.6 Å². The quantitative estimate of drug-likeness (QED) is 0.752. The first-order valence-electron chi connectivity index (χ1n) is 5.13. The predicted octanol–water partition coefficient (Wildman–Crippen LogP) is 2.65. The van der Waals surface area contributed by atoms with E-state index in [1.807, 2.05) is 12.1 Å². The van der Waals surface area contributed by atoms with E-state index in [2.05, 4.69) is 6.92 Å². The number of hydrogen-bond acceptors (Lipinski definition) is 3. The van der Waals surface area contributed by atoms with Crippen molar-refractivity contribution in [3.63, 3.8) is 0 Å². The first kappa shape index (κ1) is 11.6. The Hall–Kier alpha value is -1.45. The molecule has 0 spiro atoms. The molecule has 1 aromatic rings. The summed E-state index contributed by atoms with van der Waals surface area (Å²) >= 11 is 0. The van der Waals surface area contributed by atoms with Crippen molar-refractivity contribution < 1.29 is 13.9 Å². The van der Waals surface area contributed by atoms with Crippen LogP contribution in [0.4, 0.5) is 4.79 Å².